The Morgan fingerprint density at radius 3 is 2.29 bits per heavy atom. The van der Waals surface area contributed by atoms with Gasteiger partial charge >= 0.3 is 0 Å². The van der Waals surface area contributed by atoms with Gasteiger partial charge in [-0.1, -0.05) is 13.8 Å². The highest BCUT2D eigenvalue weighted by molar-refractivity contribution is 5.85. The summed E-state index contributed by atoms with van der Waals surface area (Å²) >= 11 is 0. The molecule has 0 aliphatic carbocycles. The highest BCUT2D eigenvalue weighted by Crippen LogP contribution is 2.09. The fourth-order valence-electron chi connectivity index (χ4n) is 1.47. The minimum atomic E-state index is -0.428. The third-order valence-corrected chi connectivity index (χ3v) is 2.64. The van der Waals surface area contributed by atoms with Crippen LogP contribution in [0.1, 0.15) is 26.7 Å². The van der Waals surface area contributed by atoms with Crippen LogP contribution < -0.4 is 5.73 Å². The van der Waals surface area contributed by atoms with Crippen molar-refractivity contribution in [2.24, 2.45) is 11.7 Å². The Hall–Kier alpha value is -0.900. The molecule has 1 amide bonds. The average Bonchev–Trinajstić information content (AvgIpc) is 2.16. The highest BCUT2D eigenvalue weighted by Gasteiger charge is 2.26. The summed E-state index contributed by atoms with van der Waals surface area (Å²) in [6, 6.07) is -0.428. The van der Waals surface area contributed by atoms with Gasteiger partial charge in [0.25, 0.3) is 0 Å². The summed E-state index contributed by atoms with van der Waals surface area (Å²) in [6.07, 6.45) is 0.965. The van der Waals surface area contributed by atoms with Gasteiger partial charge in [-0.25, -0.2) is 0 Å². The SMILES string of the molecule is CC(C)[C@H](N)C(=O)N1CCC(=O)CC1. The predicted octanol–water partition coefficient (Wildman–Crippen LogP) is 0.161. The third kappa shape index (κ3) is 2.54. The fourth-order valence-corrected chi connectivity index (χ4v) is 1.47. The number of Topliss-reactive ketones (excluding diaryl/α,β-unsaturated/α-hetero) is 1. The first kappa shape index (κ1) is 11.2. The third-order valence-electron chi connectivity index (χ3n) is 2.64. The van der Waals surface area contributed by atoms with Gasteiger partial charge in [0.05, 0.1) is 6.04 Å². The van der Waals surface area contributed by atoms with E-state index in [-0.39, 0.29) is 17.6 Å². The number of nitrogens with two attached hydrogens (primary N) is 1. The number of hydrogen-bond donors (Lipinski definition) is 1. The lowest BCUT2D eigenvalue weighted by Crippen LogP contribution is -2.49. The number of carbonyl (C=O) groups excluding carboxylic acids is 2. The van der Waals surface area contributed by atoms with Crippen molar-refractivity contribution in [3.05, 3.63) is 0 Å². The van der Waals surface area contributed by atoms with Gasteiger partial charge in [-0.3, -0.25) is 9.59 Å². The van der Waals surface area contributed by atoms with E-state index in [2.05, 4.69) is 0 Å². The van der Waals surface area contributed by atoms with Crippen molar-refractivity contribution in [2.45, 2.75) is 32.7 Å². The molecule has 0 saturated carbocycles. The molecule has 0 bridgehead atoms. The van der Waals surface area contributed by atoms with E-state index in [0.717, 1.165) is 0 Å². The maximum absolute atomic E-state index is 11.7. The predicted molar refractivity (Wildman–Crippen MR) is 53.6 cm³/mol. The summed E-state index contributed by atoms with van der Waals surface area (Å²) in [5, 5.41) is 0. The summed E-state index contributed by atoms with van der Waals surface area (Å²) in [5.74, 6) is 0.375. The van der Waals surface area contributed by atoms with Crippen molar-refractivity contribution in [1.82, 2.24) is 4.90 Å². The normalized spacial score (nSPS) is 20.0. The molecule has 14 heavy (non-hydrogen) atoms. The first-order chi connectivity index (χ1) is 6.52. The van der Waals surface area contributed by atoms with E-state index in [0.29, 0.717) is 25.9 Å². The van der Waals surface area contributed by atoms with Crippen LogP contribution in [-0.4, -0.2) is 35.7 Å². The molecule has 0 unspecified atom stereocenters. The van der Waals surface area contributed by atoms with Gasteiger partial charge in [-0.05, 0) is 5.92 Å². The van der Waals surface area contributed by atoms with Gasteiger partial charge in [0.15, 0.2) is 0 Å². The van der Waals surface area contributed by atoms with Gasteiger partial charge < -0.3 is 10.6 Å². The van der Waals surface area contributed by atoms with Crippen molar-refractivity contribution in [3.63, 3.8) is 0 Å². The van der Waals surface area contributed by atoms with E-state index in [1.807, 2.05) is 13.8 Å². The summed E-state index contributed by atoms with van der Waals surface area (Å²) in [5.41, 5.74) is 5.75. The Labute approximate surface area is 84.4 Å². The molecule has 1 heterocycles. The van der Waals surface area contributed by atoms with E-state index in [1.54, 1.807) is 4.90 Å². The monoisotopic (exact) mass is 198 g/mol. The average molecular weight is 198 g/mol. The smallest absolute Gasteiger partial charge is 0.239 e. The number of amides is 1. The summed E-state index contributed by atoms with van der Waals surface area (Å²) in [6.45, 7) is 4.94. The fraction of sp³-hybridized carbons (Fsp3) is 0.800. The van der Waals surface area contributed by atoms with Gasteiger partial charge in [0.2, 0.25) is 5.91 Å². The van der Waals surface area contributed by atoms with Crippen molar-refractivity contribution in [3.8, 4) is 0 Å². The first-order valence-corrected chi connectivity index (χ1v) is 5.08. The van der Waals surface area contributed by atoms with E-state index in [4.69, 9.17) is 5.73 Å². The van der Waals surface area contributed by atoms with Crippen LogP contribution in [0.5, 0.6) is 0 Å². The summed E-state index contributed by atoms with van der Waals surface area (Å²) in [7, 11) is 0. The van der Waals surface area contributed by atoms with Crippen LogP contribution in [0.4, 0.5) is 0 Å². The lowest BCUT2D eigenvalue weighted by molar-refractivity contribution is -0.136. The number of ketones is 1. The molecule has 1 saturated heterocycles. The summed E-state index contributed by atoms with van der Waals surface area (Å²) in [4.78, 5) is 24.4. The Morgan fingerprint density at radius 2 is 1.86 bits per heavy atom. The van der Waals surface area contributed by atoms with Gasteiger partial charge in [0, 0.05) is 25.9 Å². The molecule has 1 aliphatic rings. The van der Waals surface area contributed by atoms with Crippen LogP contribution in [0, 0.1) is 5.92 Å². The van der Waals surface area contributed by atoms with Crippen LogP contribution in [0.2, 0.25) is 0 Å². The van der Waals surface area contributed by atoms with E-state index >= 15 is 0 Å². The zero-order valence-electron chi connectivity index (χ0n) is 8.82. The quantitative estimate of drug-likeness (QED) is 0.687. The van der Waals surface area contributed by atoms with Crippen LogP contribution in [0.15, 0.2) is 0 Å². The zero-order valence-corrected chi connectivity index (χ0v) is 8.82. The number of hydrogen-bond acceptors (Lipinski definition) is 3. The van der Waals surface area contributed by atoms with Gasteiger partial charge in [-0.15, -0.1) is 0 Å². The second-order valence-electron chi connectivity index (χ2n) is 4.13. The van der Waals surface area contributed by atoms with E-state index < -0.39 is 6.04 Å². The van der Waals surface area contributed by atoms with Crippen molar-refractivity contribution < 1.29 is 9.59 Å². The first-order valence-electron chi connectivity index (χ1n) is 5.08. The molecule has 4 nitrogen and oxygen atoms in total. The molecule has 0 aromatic carbocycles. The maximum atomic E-state index is 11.7. The molecule has 0 aromatic heterocycles. The Kier molecular flexibility index (Phi) is 3.63. The lowest BCUT2D eigenvalue weighted by Gasteiger charge is -2.29. The molecule has 4 heteroatoms. The Balaban J connectivity index is 2.49. The Morgan fingerprint density at radius 1 is 1.36 bits per heavy atom. The molecule has 1 rings (SSSR count). The molecule has 0 aromatic rings. The number of likely N-dealkylation sites (tertiary alicyclic amines) is 1. The van der Waals surface area contributed by atoms with Crippen molar-refractivity contribution >= 4 is 11.7 Å². The molecule has 0 radical (unpaired) electrons. The number of nitrogens with zero attached hydrogens (tertiary/aromatic N) is 1. The van der Waals surface area contributed by atoms with Crippen LogP contribution >= 0.6 is 0 Å². The minimum absolute atomic E-state index is 0.0208. The topological polar surface area (TPSA) is 63.4 Å². The summed E-state index contributed by atoms with van der Waals surface area (Å²) < 4.78 is 0. The largest absolute Gasteiger partial charge is 0.340 e. The highest BCUT2D eigenvalue weighted by atomic mass is 16.2. The molecular formula is C10H18N2O2. The number of carbonyl (C=O) groups is 2. The second-order valence-corrected chi connectivity index (χ2v) is 4.13. The molecular weight excluding hydrogens is 180 g/mol. The van der Waals surface area contributed by atoms with Crippen LogP contribution in [0.25, 0.3) is 0 Å². The van der Waals surface area contributed by atoms with Crippen molar-refractivity contribution in [2.75, 3.05) is 13.1 Å². The lowest BCUT2D eigenvalue weighted by atomic mass is 10.0. The number of piperidine rings is 1. The maximum Gasteiger partial charge on any atom is 0.239 e. The van der Waals surface area contributed by atoms with Crippen LogP contribution in [-0.2, 0) is 9.59 Å². The Bertz CT molecular complexity index is 228. The minimum Gasteiger partial charge on any atom is -0.340 e. The molecule has 1 fully saturated rings. The zero-order chi connectivity index (χ0) is 10.7. The standard InChI is InChI=1S/C10H18N2O2/c1-7(2)9(11)10(14)12-5-3-8(13)4-6-12/h7,9H,3-6,11H2,1-2H3/t9-/m0/s1. The van der Waals surface area contributed by atoms with E-state index in [1.165, 1.54) is 0 Å². The van der Waals surface area contributed by atoms with Gasteiger partial charge in [0.1, 0.15) is 5.78 Å². The van der Waals surface area contributed by atoms with Gasteiger partial charge in [-0.2, -0.15) is 0 Å². The molecule has 0 spiro atoms. The van der Waals surface area contributed by atoms with E-state index in [9.17, 15) is 9.59 Å². The second kappa shape index (κ2) is 4.55. The molecule has 80 valence electrons. The van der Waals surface area contributed by atoms with Crippen molar-refractivity contribution in [1.29, 1.82) is 0 Å². The number of rotatable bonds is 2. The van der Waals surface area contributed by atoms with Crippen LogP contribution in [0.3, 0.4) is 0 Å². The molecule has 1 aliphatic heterocycles. The molecule has 1 atom stereocenters. The molecule has 2 N–H and O–H groups in total.